The second kappa shape index (κ2) is 5.37. The fourth-order valence-electron chi connectivity index (χ4n) is 3.01. The van der Waals surface area contributed by atoms with Crippen LogP contribution in [0.25, 0.3) is 0 Å². The van der Waals surface area contributed by atoms with Crippen LogP contribution in [0.2, 0.25) is 5.15 Å². The number of thioether (sulfide) groups is 1. The molecule has 0 aromatic carbocycles. The Morgan fingerprint density at radius 2 is 2.37 bits per heavy atom. The van der Waals surface area contributed by atoms with Crippen molar-refractivity contribution in [2.24, 2.45) is 0 Å². The maximum atomic E-state index is 12.0. The van der Waals surface area contributed by atoms with Gasteiger partial charge < -0.3 is 9.30 Å². The lowest BCUT2D eigenvalue weighted by Gasteiger charge is -2.26. The van der Waals surface area contributed by atoms with Crippen molar-refractivity contribution in [3.05, 3.63) is 16.7 Å². The molecule has 0 amide bonds. The summed E-state index contributed by atoms with van der Waals surface area (Å²) >= 11 is 8.20. The van der Waals surface area contributed by atoms with Crippen LogP contribution in [0.5, 0.6) is 0 Å². The number of imidazole rings is 1. The van der Waals surface area contributed by atoms with E-state index in [1.165, 1.54) is 7.11 Å². The predicted molar refractivity (Wildman–Crippen MR) is 75.9 cm³/mol. The number of rotatable bonds is 2. The van der Waals surface area contributed by atoms with Crippen molar-refractivity contribution in [2.75, 3.05) is 18.6 Å². The zero-order chi connectivity index (χ0) is 13.4. The minimum Gasteiger partial charge on any atom is -0.467 e. The first-order valence-electron chi connectivity index (χ1n) is 6.64. The number of hydrogen-bond donors (Lipinski definition) is 0. The number of halogens is 1. The average Bonchev–Trinajstić information content (AvgIpc) is 3.06. The van der Waals surface area contributed by atoms with Crippen molar-refractivity contribution in [1.29, 1.82) is 0 Å². The number of nitrogens with zero attached hydrogens (tertiary/aromatic N) is 2. The molecule has 1 aromatic heterocycles. The molecule has 104 valence electrons. The number of carbonyl (C=O) groups excluding carboxylic acids is 1. The van der Waals surface area contributed by atoms with Gasteiger partial charge in [-0.1, -0.05) is 11.6 Å². The molecule has 1 fully saturated rings. The highest BCUT2D eigenvalue weighted by atomic mass is 35.5. The molecule has 19 heavy (non-hydrogen) atoms. The molecule has 3 rings (SSSR count). The average molecular weight is 301 g/mol. The maximum absolute atomic E-state index is 12.0. The highest BCUT2D eigenvalue weighted by Crippen LogP contribution is 2.39. The summed E-state index contributed by atoms with van der Waals surface area (Å²) in [5.74, 6) is 3.46. The van der Waals surface area contributed by atoms with E-state index in [-0.39, 0.29) is 12.0 Å². The lowest BCUT2D eigenvalue weighted by Crippen LogP contribution is -2.28. The van der Waals surface area contributed by atoms with Gasteiger partial charge in [-0.05, 0) is 31.4 Å². The van der Waals surface area contributed by atoms with E-state index >= 15 is 0 Å². The molecule has 2 atom stereocenters. The highest BCUT2D eigenvalue weighted by Gasteiger charge is 2.34. The Morgan fingerprint density at radius 3 is 3.05 bits per heavy atom. The van der Waals surface area contributed by atoms with Gasteiger partial charge in [-0.3, -0.25) is 0 Å². The van der Waals surface area contributed by atoms with E-state index in [9.17, 15) is 4.79 Å². The van der Waals surface area contributed by atoms with Crippen LogP contribution in [0.4, 0.5) is 0 Å². The van der Waals surface area contributed by atoms with E-state index in [2.05, 4.69) is 9.55 Å². The molecule has 0 saturated carbocycles. The third-order valence-corrected chi connectivity index (χ3v) is 5.42. The number of ether oxygens (including phenoxy) is 1. The summed E-state index contributed by atoms with van der Waals surface area (Å²) in [5, 5.41) is 0.570. The van der Waals surface area contributed by atoms with E-state index in [0.717, 1.165) is 48.7 Å². The Kier molecular flexibility index (Phi) is 3.76. The Balaban J connectivity index is 2.04. The molecule has 0 radical (unpaired) electrons. The van der Waals surface area contributed by atoms with E-state index in [4.69, 9.17) is 16.3 Å². The maximum Gasteiger partial charge on any atom is 0.328 e. The van der Waals surface area contributed by atoms with Crippen molar-refractivity contribution in [1.82, 2.24) is 9.55 Å². The molecule has 4 nitrogen and oxygen atoms in total. The lowest BCUT2D eigenvalue weighted by atomic mass is 10.0. The molecular weight excluding hydrogens is 284 g/mol. The lowest BCUT2D eigenvalue weighted by molar-refractivity contribution is -0.145. The Hall–Kier alpha value is -0.680. The molecule has 2 aliphatic rings. The van der Waals surface area contributed by atoms with Gasteiger partial charge in [0.25, 0.3) is 0 Å². The molecule has 2 unspecified atom stereocenters. The van der Waals surface area contributed by atoms with Gasteiger partial charge in [-0.25, -0.2) is 9.78 Å². The van der Waals surface area contributed by atoms with E-state index in [1.54, 1.807) is 0 Å². The summed E-state index contributed by atoms with van der Waals surface area (Å²) in [4.78, 5) is 16.5. The molecule has 2 aliphatic heterocycles. The topological polar surface area (TPSA) is 44.1 Å². The minimum absolute atomic E-state index is 0.179. The van der Waals surface area contributed by atoms with Crippen LogP contribution in [0.3, 0.4) is 0 Å². The van der Waals surface area contributed by atoms with Crippen molar-refractivity contribution in [3.8, 4) is 0 Å². The summed E-state index contributed by atoms with van der Waals surface area (Å²) in [6, 6.07) is -0.241. The monoisotopic (exact) mass is 300 g/mol. The third-order valence-electron chi connectivity index (χ3n) is 3.96. The molecule has 3 heterocycles. The van der Waals surface area contributed by atoms with Crippen molar-refractivity contribution >= 4 is 29.3 Å². The summed E-state index contributed by atoms with van der Waals surface area (Å²) in [6.45, 7) is 0. The van der Waals surface area contributed by atoms with Crippen LogP contribution >= 0.6 is 23.4 Å². The standard InChI is InChI=1S/C13H17ClN2O2S/c1-18-13(17)10-4-2-3-9-11(14)15-12(16(9)10)8-5-6-19-7-8/h8,10H,2-7H2,1H3. The fourth-order valence-corrected chi connectivity index (χ4v) is 4.50. The molecule has 0 aliphatic carbocycles. The summed E-state index contributed by atoms with van der Waals surface area (Å²) in [5.41, 5.74) is 1.01. The van der Waals surface area contributed by atoms with Crippen molar-refractivity contribution in [2.45, 2.75) is 37.6 Å². The number of hydrogen-bond acceptors (Lipinski definition) is 4. The quantitative estimate of drug-likeness (QED) is 0.788. The van der Waals surface area contributed by atoms with Crippen LogP contribution in [-0.2, 0) is 16.0 Å². The first-order chi connectivity index (χ1) is 9.22. The Labute approximate surface area is 121 Å². The normalized spacial score (nSPS) is 26.2. The summed E-state index contributed by atoms with van der Waals surface area (Å²) in [6.07, 6.45) is 3.80. The van der Waals surface area contributed by atoms with Gasteiger partial charge in [-0.2, -0.15) is 11.8 Å². The van der Waals surface area contributed by atoms with Gasteiger partial charge in [0.05, 0.1) is 12.8 Å². The number of aromatic nitrogens is 2. The Morgan fingerprint density at radius 1 is 1.53 bits per heavy atom. The van der Waals surface area contributed by atoms with Gasteiger partial charge in [0, 0.05) is 11.7 Å². The van der Waals surface area contributed by atoms with Gasteiger partial charge in [0.1, 0.15) is 11.9 Å². The second-order valence-electron chi connectivity index (χ2n) is 5.07. The third kappa shape index (κ3) is 2.27. The number of fused-ring (bicyclic) bond motifs is 1. The molecule has 0 spiro atoms. The first-order valence-corrected chi connectivity index (χ1v) is 8.17. The number of methoxy groups -OCH3 is 1. The van der Waals surface area contributed by atoms with E-state index in [0.29, 0.717) is 11.1 Å². The first kappa shape index (κ1) is 13.3. The fraction of sp³-hybridized carbons (Fsp3) is 0.692. The largest absolute Gasteiger partial charge is 0.467 e. The SMILES string of the molecule is COC(=O)C1CCCc2c(Cl)nc(C3CCSC3)n21. The molecule has 0 bridgehead atoms. The number of esters is 1. The number of carbonyl (C=O) groups is 1. The smallest absolute Gasteiger partial charge is 0.328 e. The molecule has 1 saturated heterocycles. The van der Waals surface area contributed by atoms with E-state index < -0.39 is 0 Å². The molecular formula is C13H17ClN2O2S. The Bertz CT molecular complexity index is 497. The van der Waals surface area contributed by atoms with Crippen molar-refractivity contribution in [3.63, 3.8) is 0 Å². The summed E-state index contributed by atoms with van der Waals surface area (Å²) < 4.78 is 7.00. The molecule has 0 N–H and O–H groups in total. The van der Waals surface area contributed by atoms with Gasteiger partial charge >= 0.3 is 5.97 Å². The van der Waals surface area contributed by atoms with Crippen LogP contribution in [0.1, 0.15) is 42.7 Å². The summed E-state index contributed by atoms with van der Waals surface area (Å²) in [7, 11) is 1.44. The predicted octanol–water partition coefficient (Wildman–Crippen LogP) is 2.81. The highest BCUT2D eigenvalue weighted by molar-refractivity contribution is 7.99. The van der Waals surface area contributed by atoms with Gasteiger partial charge in [0.15, 0.2) is 5.15 Å². The molecule has 1 aromatic rings. The van der Waals surface area contributed by atoms with Crippen LogP contribution < -0.4 is 0 Å². The van der Waals surface area contributed by atoms with E-state index in [1.807, 2.05) is 11.8 Å². The molecule has 6 heteroatoms. The van der Waals surface area contributed by atoms with Crippen molar-refractivity contribution < 1.29 is 9.53 Å². The zero-order valence-electron chi connectivity index (χ0n) is 10.9. The van der Waals surface area contributed by atoms with Gasteiger partial charge in [0.2, 0.25) is 0 Å². The second-order valence-corrected chi connectivity index (χ2v) is 6.58. The van der Waals surface area contributed by atoms with Gasteiger partial charge in [-0.15, -0.1) is 0 Å². The van der Waals surface area contributed by atoms with Crippen LogP contribution in [-0.4, -0.2) is 34.1 Å². The van der Waals surface area contributed by atoms with Crippen LogP contribution in [0.15, 0.2) is 0 Å². The van der Waals surface area contributed by atoms with Crippen LogP contribution in [0, 0.1) is 0 Å². The zero-order valence-corrected chi connectivity index (χ0v) is 12.5. The minimum atomic E-state index is -0.241.